The van der Waals surface area contributed by atoms with Gasteiger partial charge in [0.15, 0.2) is 6.10 Å². The SMILES string of the molecule is O=C(OC(c1ccccc1)c1ccccc1)[C@@H]1[C@@H]2C(=O)N(c3cccc(C(F)(F)F)c3)C(=O)[C@H]2[C@@H]2c3ccccc3C=CN12. The molecule has 3 aliphatic heterocycles. The first-order valence-electron chi connectivity index (χ1n) is 14.1. The van der Waals surface area contributed by atoms with Gasteiger partial charge in [0, 0.05) is 6.20 Å². The van der Waals surface area contributed by atoms with Crippen molar-refractivity contribution in [1.82, 2.24) is 4.90 Å². The lowest BCUT2D eigenvalue weighted by Crippen LogP contribution is -2.45. The zero-order valence-corrected chi connectivity index (χ0v) is 23.1. The molecule has 4 atom stereocenters. The fraction of sp³-hybridized carbons (Fsp3) is 0.171. The molecule has 0 aromatic heterocycles. The van der Waals surface area contributed by atoms with Crippen molar-refractivity contribution in [2.45, 2.75) is 24.4 Å². The third-order valence-electron chi connectivity index (χ3n) is 8.57. The van der Waals surface area contributed by atoms with Crippen LogP contribution in [0.3, 0.4) is 0 Å². The standard InChI is InChI=1S/C35H25F3N2O4/c36-35(37,38)24-15-9-16-25(20-24)40-32(41)27-28(33(40)42)30(39-19-18-21-10-7-8-17-26(21)29(27)39)34(43)44-31(22-11-3-1-4-12-22)23-13-5-2-6-14-23/h1-20,27-31H/t27-,28-,29+,30+/m1/s1. The normalized spacial score (nSPS) is 22.2. The average Bonchev–Trinajstić information content (AvgIpc) is 3.52. The van der Waals surface area contributed by atoms with E-state index in [1.54, 1.807) is 11.1 Å². The largest absolute Gasteiger partial charge is 0.451 e. The minimum Gasteiger partial charge on any atom is -0.451 e. The number of hydrogen-bond donors (Lipinski definition) is 0. The van der Waals surface area contributed by atoms with Gasteiger partial charge in [-0.3, -0.25) is 9.59 Å². The summed E-state index contributed by atoms with van der Waals surface area (Å²) in [5.74, 6) is -4.31. The number of fused-ring (bicyclic) bond motifs is 5. The maximum atomic E-state index is 14.3. The summed E-state index contributed by atoms with van der Waals surface area (Å²) in [6, 6.07) is 28.0. The van der Waals surface area contributed by atoms with Crippen LogP contribution in [0.25, 0.3) is 6.08 Å². The lowest BCUT2D eigenvalue weighted by atomic mass is 9.84. The van der Waals surface area contributed by atoms with Gasteiger partial charge < -0.3 is 9.64 Å². The van der Waals surface area contributed by atoms with E-state index in [1.165, 1.54) is 6.07 Å². The molecule has 44 heavy (non-hydrogen) atoms. The Labute approximate surface area is 251 Å². The summed E-state index contributed by atoms with van der Waals surface area (Å²) in [6.45, 7) is 0. The molecule has 0 radical (unpaired) electrons. The van der Waals surface area contributed by atoms with E-state index >= 15 is 0 Å². The molecule has 4 aromatic carbocycles. The highest BCUT2D eigenvalue weighted by Crippen LogP contribution is 2.54. The molecule has 2 fully saturated rings. The van der Waals surface area contributed by atoms with Gasteiger partial charge in [-0.2, -0.15) is 13.2 Å². The molecule has 9 heteroatoms. The lowest BCUT2D eigenvalue weighted by Gasteiger charge is -2.35. The third kappa shape index (κ3) is 4.47. The molecule has 7 rings (SSSR count). The van der Waals surface area contributed by atoms with Gasteiger partial charge in [-0.05, 0) is 46.5 Å². The van der Waals surface area contributed by atoms with Gasteiger partial charge >= 0.3 is 12.1 Å². The van der Waals surface area contributed by atoms with Crippen LogP contribution in [0.2, 0.25) is 0 Å². The van der Waals surface area contributed by atoms with E-state index in [0.717, 1.165) is 45.4 Å². The van der Waals surface area contributed by atoms with Crippen molar-refractivity contribution in [2.24, 2.45) is 11.8 Å². The highest BCUT2D eigenvalue weighted by atomic mass is 19.4. The number of imide groups is 1. The molecular formula is C35H25F3N2O4. The number of esters is 1. The Bertz CT molecular complexity index is 1750. The molecule has 3 aliphatic rings. The summed E-state index contributed by atoms with van der Waals surface area (Å²) >= 11 is 0. The topological polar surface area (TPSA) is 66.9 Å². The van der Waals surface area contributed by atoms with Gasteiger partial charge in [0.2, 0.25) is 11.8 Å². The highest BCUT2D eigenvalue weighted by molar-refractivity contribution is 6.24. The molecule has 0 N–H and O–H groups in total. The van der Waals surface area contributed by atoms with Crippen LogP contribution in [-0.4, -0.2) is 28.7 Å². The number of benzene rings is 4. The van der Waals surface area contributed by atoms with E-state index in [9.17, 15) is 27.6 Å². The third-order valence-corrected chi connectivity index (χ3v) is 8.57. The number of anilines is 1. The van der Waals surface area contributed by atoms with Crippen molar-refractivity contribution >= 4 is 29.5 Å². The summed E-state index contributed by atoms with van der Waals surface area (Å²) in [7, 11) is 0. The molecule has 2 saturated heterocycles. The number of nitrogens with zero attached hydrogens (tertiary/aromatic N) is 2. The predicted octanol–water partition coefficient (Wildman–Crippen LogP) is 6.55. The first kappa shape index (κ1) is 27.6. The summed E-state index contributed by atoms with van der Waals surface area (Å²) in [5.41, 5.74) is 1.84. The first-order valence-corrected chi connectivity index (χ1v) is 14.1. The quantitative estimate of drug-likeness (QED) is 0.194. The summed E-state index contributed by atoms with van der Waals surface area (Å²) in [4.78, 5) is 45.0. The van der Waals surface area contributed by atoms with Crippen molar-refractivity contribution in [3.63, 3.8) is 0 Å². The Balaban J connectivity index is 1.31. The fourth-order valence-corrected chi connectivity index (χ4v) is 6.67. The van der Waals surface area contributed by atoms with E-state index in [4.69, 9.17) is 4.74 Å². The van der Waals surface area contributed by atoms with Gasteiger partial charge in [0.05, 0.1) is 29.1 Å². The number of alkyl halides is 3. The molecule has 0 aliphatic carbocycles. The van der Waals surface area contributed by atoms with Crippen LogP contribution < -0.4 is 4.90 Å². The van der Waals surface area contributed by atoms with Gasteiger partial charge in [-0.15, -0.1) is 0 Å². The Kier molecular flexibility index (Phi) is 6.61. The van der Waals surface area contributed by atoms with Crippen molar-refractivity contribution < 1.29 is 32.3 Å². The fourth-order valence-electron chi connectivity index (χ4n) is 6.67. The van der Waals surface area contributed by atoms with Crippen molar-refractivity contribution in [1.29, 1.82) is 0 Å². The van der Waals surface area contributed by atoms with Crippen molar-refractivity contribution in [2.75, 3.05) is 4.90 Å². The van der Waals surface area contributed by atoms with Crippen LogP contribution in [0.1, 0.15) is 40.0 Å². The second kappa shape index (κ2) is 10.5. The van der Waals surface area contributed by atoms with Gasteiger partial charge in [0.1, 0.15) is 6.04 Å². The van der Waals surface area contributed by atoms with Gasteiger partial charge in [0.25, 0.3) is 0 Å². The molecule has 2 amide bonds. The van der Waals surface area contributed by atoms with Gasteiger partial charge in [-0.25, -0.2) is 9.69 Å². The highest BCUT2D eigenvalue weighted by Gasteiger charge is 2.65. The molecule has 4 aromatic rings. The van der Waals surface area contributed by atoms with E-state index in [-0.39, 0.29) is 5.69 Å². The molecule has 0 spiro atoms. The molecule has 0 unspecified atom stereocenters. The number of hydrogen-bond acceptors (Lipinski definition) is 5. The molecular weight excluding hydrogens is 569 g/mol. The number of amides is 2. The summed E-state index contributed by atoms with van der Waals surface area (Å²) < 4.78 is 46.9. The number of ether oxygens (including phenoxy) is 1. The van der Waals surface area contributed by atoms with Crippen LogP contribution in [0, 0.1) is 11.8 Å². The Morgan fingerprint density at radius 1 is 0.750 bits per heavy atom. The molecule has 0 bridgehead atoms. The van der Waals surface area contributed by atoms with Crippen LogP contribution >= 0.6 is 0 Å². The minimum absolute atomic E-state index is 0.186. The molecule has 3 heterocycles. The van der Waals surface area contributed by atoms with Crippen LogP contribution in [0.15, 0.2) is 115 Å². The Morgan fingerprint density at radius 3 is 2.02 bits per heavy atom. The summed E-state index contributed by atoms with van der Waals surface area (Å²) in [5, 5.41) is 0. The smallest absolute Gasteiger partial charge is 0.416 e. The van der Waals surface area contributed by atoms with Crippen LogP contribution in [0.4, 0.5) is 18.9 Å². The Hall–Kier alpha value is -5.18. The van der Waals surface area contributed by atoms with E-state index < -0.39 is 59.5 Å². The molecule has 6 nitrogen and oxygen atoms in total. The minimum atomic E-state index is -4.67. The lowest BCUT2D eigenvalue weighted by molar-refractivity contribution is -0.155. The maximum Gasteiger partial charge on any atom is 0.416 e. The van der Waals surface area contributed by atoms with Crippen molar-refractivity contribution in [3.8, 4) is 0 Å². The average molecular weight is 595 g/mol. The zero-order chi connectivity index (χ0) is 30.6. The van der Waals surface area contributed by atoms with E-state index in [0.29, 0.717) is 0 Å². The van der Waals surface area contributed by atoms with E-state index in [2.05, 4.69) is 0 Å². The zero-order valence-electron chi connectivity index (χ0n) is 23.1. The monoisotopic (exact) mass is 594 g/mol. The first-order chi connectivity index (χ1) is 21.2. The predicted molar refractivity (Wildman–Crippen MR) is 156 cm³/mol. The van der Waals surface area contributed by atoms with Crippen LogP contribution in [-0.2, 0) is 25.3 Å². The Morgan fingerprint density at radius 2 is 1.36 bits per heavy atom. The van der Waals surface area contributed by atoms with E-state index in [1.807, 2.05) is 91.0 Å². The summed E-state index contributed by atoms with van der Waals surface area (Å²) in [6.07, 6.45) is -1.95. The van der Waals surface area contributed by atoms with Gasteiger partial charge in [-0.1, -0.05) is 91.0 Å². The van der Waals surface area contributed by atoms with Crippen LogP contribution in [0.5, 0.6) is 0 Å². The molecule has 220 valence electrons. The second-order valence-corrected chi connectivity index (χ2v) is 11.0. The number of carbonyl (C=O) groups is 3. The molecule has 0 saturated carbocycles. The maximum absolute atomic E-state index is 14.3. The van der Waals surface area contributed by atoms with Crippen molar-refractivity contribution in [3.05, 3.63) is 143 Å². The second-order valence-electron chi connectivity index (χ2n) is 11.0. The number of carbonyl (C=O) groups excluding carboxylic acids is 3. The number of rotatable bonds is 5. The number of halogens is 3.